The second-order valence-electron chi connectivity index (χ2n) is 5.01. The van der Waals surface area contributed by atoms with E-state index in [-0.39, 0.29) is 0 Å². The molecule has 1 fully saturated rings. The highest BCUT2D eigenvalue weighted by molar-refractivity contribution is 5.41. The molecular formula is C13H21N3. The van der Waals surface area contributed by atoms with E-state index in [2.05, 4.69) is 23.8 Å². The first-order valence-corrected chi connectivity index (χ1v) is 6.24. The number of aromatic nitrogens is 2. The Kier molecular flexibility index (Phi) is 3.13. The number of nitrogens with two attached hydrogens (primary N) is 1. The van der Waals surface area contributed by atoms with Gasteiger partial charge in [0.1, 0.15) is 11.6 Å². The van der Waals surface area contributed by atoms with Crippen LogP contribution in [0.3, 0.4) is 0 Å². The fraction of sp³-hybridized carbons (Fsp3) is 0.692. The molecule has 0 aromatic carbocycles. The Balaban J connectivity index is 2.31. The summed E-state index contributed by atoms with van der Waals surface area (Å²) >= 11 is 0. The van der Waals surface area contributed by atoms with Crippen molar-refractivity contribution in [2.75, 3.05) is 5.73 Å². The van der Waals surface area contributed by atoms with Crippen LogP contribution in [0.1, 0.15) is 56.1 Å². The van der Waals surface area contributed by atoms with Gasteiger partial charge in [0.25, 0.3) is 0 Å². The number of anilines is 1. The first-order chi connectivity index (χ1) is 7.61. The fourth-order valence-electron chi connectivity index (χ4n) is 2.57. The molecule has 1 aromatic heterocycles. The van der Waals surface area contributed by atoms with E-state index >= 15 is 0 Å². The summed E-state index contributed by atoms with van der Waals surface area (Å²) < 4.78 is 0. The van der Waals surface area contributed by atoms with Crippen LogP contribution in [-0.4, -0.2) is 9.97 Å². The summed E-state index contributed by atoms with van der Waals surface area (Å²) in [6.07, 6.45) is 4.66. The molecule has 0 radical (unpaired) electrons. The van der Waals surface area contributed by atoms with E-state index in [1.54, 1.807) is 0 Å². The molecule has 2 N–H and O–H groups in total. The van der Waals surface area contributed by atoms with Crippen LogP contribution in [0.25, 0.3) is 0 Å². The second-order valence-corrected chi connectivity index (χ2v) is 5.01. The molecule has 1 aliphatic carbocycles. The predicted molar refractivity (Wildman–Crippen MR) is 66.3 cm³/mol. The molecule has 3 nitrogen and oxygen atoms in total. The summed E-state index contributed by atoms with van der Waals surface area (Å²) in [5.74, 6) is 2.98. The quantitative estimate of drug-likeness (QED) is 0.832. The van der Waals surface area contributed by atoms with Crippen molar-refractivity contribution in [2.24, 2.45) is 5.92 Å². The van der Waals surface area contributed by atoms with Gasteiger partial charge >= 0.3 is 0 Å². The van der Waals surface area contributed by atoms with Gasteiger partial charge in [-0.2, -0.15) is 0 Å². The molecule has 1 aromatic rings. The SMILES string of the molecule is CCc1nc(C2CCC(C)C2)nc(N)c1C. The molecule has 1 aliphatic rings. The van der Waals surface area contributed by atoms with E-state index in [1.165, 1.54) is 19.3 Å². The van der Waals surface area contributed by atoms with E-state index in [4.69, 9.17) is 5.73 Å². The van der Waals surface area contributed by atoms with Crippen LogP contribution in [0.2, 0.25) is 0 Å². The van der Waals surface area contributed by atoms with Gasteiger partial charge < -0.3 is 5.73 Å². The molecular weight excluding hydrogens is 198 g/mol. The Labute approximate surface area is 97.5 Å². The first-order valence-electron chi connectivity index (χ1n) is 6.24. The molecule has 16 heavy (non-hydrogen) atoms. The maximum Gasteiger partial charge on any atom is 0.134 e. The minimum atomic E-state index is 0.531. The van der Waals surface area contributed by atoms with Crippen molar-refractivity contribution in [2.45, 2.75) is 52.4 Å². The van der Waals surface area contributed by atoms with Gasteiger partial charge in [-0.15, -0.1) is 0 Å². The second kappa shape index (κ2) is 4.40. The molecule has 0 amide bonds. The van der Waals surface area contributed by atoms with Crippen molar-refractivity contribution in [3.8, 4) is 0 Å². The number of aryl methyl sites for hydroxylation is 1. The Morgan fingerprint density at radius 1 is 1.31 bits per heavy atom. The number of hydrogen-bond acceptors (Lipinski definition) is 3. The lowest BCUT2D eigenvalue weighted by molar-refractivity contribution is 0.584. The molecule has 1 saturated carbocycles. The smallest absolute Gasteiger partial charge is 0.134 e. The molecule has 1 heterocycles. The molecule has 2 rings (SSSR count). The first kappa shape index (κ1) is 11.4. The zero-order valence-electron chi connectivity index (χ0n) is 10.5. The van der Waals surface area contributed by atoms with Crippen LogP contribution in [0, 0.1) is 12.8 Å². The minimum Gasteiger partial charge on any atom is -0.383 e. The Morgan fingerprint density at radius 2 is 2.06 bits per heavy atom. The lowest BCUT2D eigenvalue weighted by Gasteiger charge is -2.12. The standard InChI is InChI=1S/C13H21N3/c1-4-11-9(3)12(14)16-13(15-11)10-6-5-8(2)7-10/h8,10H,4-7H2,1-3H3,(H2,14,15,16). The van der Waals surface area contributed by atoms with Crippen LogP contribution in [0.15, 0.2) is 0 Å². The Hall–Kier alpha value is -1.12. The molecule has 2 unspecified atom stereocenters. The van der Waals surface area contributed by atoms with Gasteiger partial charge in [-0.1, -0.05) is 13.8 Å². The molecule has 0 bridgehead atoms. The molecule has 0 aliphatic heterocycles. The number of hydrogen-bond donors (Lipinski definition) is 1. The molecule has 2 atom stereocenters. The van der Waals surface area contributed by atoms with Crippen molar-refractivity contribution in [3.63, 3.8) is 0 Å². The average molecular weight is 219 g/mol. The minimum absolute atomic E-state index is 0.531. The number of nitrogens with zero attached hydrogens (tertiary/aromatic N) is 2. The van der Waals surface area contributed by atoms with Crippen molar-refractivity contribution < 1.29 is 0 Å². The van der Waals surface area contributed by atoms with Crippen LogP contribution >= 0.6 is 0 Å². The third kappa shape index (κ3) is 2.04. The van der Waals surface area contributed by atoms with E-state index in [0.29, 0.717) is 11.7 Å². The molecule has 0 saturated heterocycles. The lowest BCUT2D eigenvalue weighted by Crippen LogP contribution is -2.09. The number of nitrogen functional groups attached to an aromatic ring is 1. The topological polar surface area (TPSA) is 51.8 Å². The number of rotatable bonds is 2. The van der Waals surface area contributed by atoms with Crippen molar-refractivity contribution in [1.29, 1.82) is 0 Å². The highest BCUT2D eigenvalue weighted by Crippen LogP contribution is 2.36. The van der Waals surface area contributed by atoms with Crippen molar-refractivity contribution in [3.05, 3.63) is 17.1 Å². The molecule has 0 spiro atoms. The summed E-state index contributed by atoms with van der Waals surface area (Å²) in [6, 6.07) is 0. The summed E-state index contributed by atoms with van der Waals surface area (Å²) in [7, 11) is 0. The summed E-state index contributed by atoms with van der Waals surface area (Å²) in [5, 5.41) is 0. The average Bonchev–Trinajstić information content (AvgIpc) is 2.69. The largest absolute Gasteiger partial charge is 0.383 e. The van der Waals surface area contributed by atoms with Crippen LogP contribution in [0.5, 0.6) is 0 Å². The van der Waals surface area contributed by atoms with Crippen LogP contribution in [-0.2, 0) is 6.42 Å². The normalized spacial score (nSPS) is 24.9. The summed E-state index contributed by atoms with van der Waals surface area (Å²) in [5.41, 5.74) is 8.11. The molecule has 88 valence electrons. The van der Waals surface area contributed by atoms with Crippen LogP contribution in [0.4, 0.5) is 5.82 Å². The van der Waals surface area contributed by atoms with E-state index in [0.717, 1.165) is 29.4 Å². The highest BCUT2D eigenvalue weighted by Gasteiger charge is 2.25. The Bertz CT molecular complexity index is 387. The fourth-order valence-corrected chi connectivity index (χ4v) is 2.57. The predicted octanol–water partition coefficient (Wildman–Crippen LogP) is 2.83. The van der Waals surface area contributed by atoms with Gasteiger partial charge in [-0.25, -0.2) is 9.97 Å². The molecule has 3 heteroatoms. The third-order valence-corrected chi connectivity index (χ3v) is 3.70. The Morgan fingerprint density at radius 3 is 2.62 bits per heavy atom. The van der Waals surface area contributed by atoms with Gasteiger partial charge in [0.05, 0.1) is 0 Å². The summed E-state index contributed by atoms with van der Waals surface area (Å²) in [4.78, 5) is 9.14. The van der Waals surface area contributed by atoms with Gasteiger partial charge in [0.15, 0.2) is 0 Å². The maximum atomic E-state index is 5.95. The monoisotopic (exact) mass is 219 g/mol. The zero-order chi connectivity index (χ0) is 11.7. The van der Waals surface area contributed by atoms with E-state index in [1.807, 2.05) is 6.92 Å². The van der Waals surface area contributed by atoms with Gasteiger partial charge in [0.2, 0.25) is 0 Å². The van der Waals surface area contributed by atoms with Crippen LogP contribution < -0.4 is 5.73 Å². The third-order valence-electron chi connectivity index (χ3n) is 3.70. The lowest BCUT2D eigenvalue weighted by atomic mass is 10.0. The van der Waals surface area contributed by atoms with Crippen molar-refractivity contribution >= 4 is 5.82 Å². The van der Waals surface area contributed by atoms with Crippen molar-refractivity contribution in [1.82, 2.24) is 9.97 Å². The van der Waals surface area contributed by atoms with Gasteiger partial charge in [0, 0.05) is 17.2 Å². The van der Waals surface area contributed by atoms with Gasteiger partial charge in [-0.3, -0.25) is 0 Å². The van der Waals surface area contributed by atoms with Gasteiger partial charge in [-0.05, 0) is 38.5 Å². The highest BCUT2D eigenvalue weighted by atomic mass is 15.0. The van der Waals surface area contributed by atoms with E-state index < -0.39 is 0 Å². The zero-order valence-corrected chi connectivity index (χ0v) is 10.5. The summed E-state index contributed by atoms with van der Waals surface area (Å²) in [6.45, 7) is 6.43. The van der Waals surface area contributed by atoms with E-state index in [9.17, 15) is 0 Å². The maximum absolute atomic E-state index is 5.95.